The predicted molar refractivity (Wildman–Crippen MR) is 188 cm³/mol. The third-order valence-electron chi connectivity index (χ3n) is 8.84. The highest BCUT2D eigenvalue weighted by molar-refractivity contribution is 6.24. The Hall–Kier alpha value is -5.53. The van der Waals surface area contributed by atoms with Crippen molar-refractivity contribution < 1.29 is 0 Å². The van der Waals surface area contributed by atoms with E-state index in [1.165, 1.54) is 71.3 Å². The standard InChI is InChI=1S/C43H31N/c1-28-20-23-30(24-21-28)33-16-8-18-35-34(33)17-9-19-36(35)43-39-14-5-3-12-37(39)42(38-13-4-6-15-40(38)43)32-11-7-10-31(26-32)41-25-22-29(2)27-44-41/h3-27H,1-2H3. The number of nitrogens with zero attached hydrogens (tertiary/aromatic N) is 1. The van der Waals surface area contributed by atoms with E-state index in [0.717, 1.165) is 16.8 Å². The summed E-state index contributed by atoms with van der Waals surface area (Å²) in [6.45, 7) is 4.22. The van der Waals surface area contributed by atoms with Crippen LogP contribution in [0.3, 0.4) is 0 Å². The molecule has 7 aromatic carbocycles. The van der Waals surface area contributed by atoms with Crippen molar-refractivity contribution in [3.05, 3.63) is 163 Å². The summed E-state index contributed by atoms with van der Waals surface area (Å²) >= 11 is 0. The fourth-order valence-electron chi connectivity index (χ4n) is 6.72. The number of aromatic nitrogens is 1. The Morgan fingerprint density at radius 3 is 1.52 bits per heavy atom. The first-order chi connectivity index (χ1) is 21.7. The van der Waals surface area contributed by atoms with Crippen molar-refractivity contribution in [2.24, 2.45) is 0 Å². The Morgan fingerprint density at radius 2 is 0.886 bits per heavy atom. The largest absolute Gasteiger partial charge is 0.256 e. The van der Waals surface area contributed by atoms with E-state index in [0.29, 0.717) is 0 Å². The number of hydrogen-bond acceptors (Lipinski definition) is 1. The van der Waals surface area contributed by atoms with Gasteiger partial charge in [0.1, 0.15) is 0 Å². The molecule has 44 heavy (non-hydrogen) atoms. The number of aryl methyl sites for hydroxylation is 2. The SMILES string of the molecule is Cc1ccc(-c2cccc3c(-c4c5ccccc5c(-c5cccc(-c6ccc(C)cn6)c5)c5ccccc45)cccc23)cc1. The molecule has 0 bridgehead atoms. The lowest BCUT2D eigenvalue weighted by Gasteiger charge is -2.19. The maximum Gasteiger partial charge on any atom is 0.0702 e. The molecule has 208 valence electrons. The summed E-state index contributed by atoms with van der Waals surface area (Å²) in [6.07, 6.45) is 1.94. The molecule has 0 saturated heterocycles. The first kappa shape index (κ1) is 26.1. The van der Waals surface area contributed by atoms with Crippen molar-refractivity contribution in [3.8, 4) is 44.6 Å². The van der Waals surface area contributed by atoms with Gasteiger partial charge in [0, 0.05) is 11.8 Å². The average Bonchev–Trinajstić information content (AvgIpc) is 3.07. The van der Waals surface area contributed by atoms with Gasteiger partial charge in [-0.3, -0.25) is 4.98 Å². The first-order valence-electron chi connectivity index (χ1n) is 15.2. The smallest absolute Gasteiger partial charge is 0.0702 e. The maximum absolute atomic E-state index is 4.72. The second kappa shape index (κ2) is 10.6. The van der Waals surface area contributed by atoms with Crippen LogP contribution in [-0.2, 0) is 0 Å². The van der Waals surface area contributed by atoms with Crippen LogP contribution in [-0.4, -0.2) is 4.98 Å². The van der Waals surface area contributed by atoms with Crippen LogP contribution in [0.25, 0.3) is 77.0 Å². The van der Waals surface area contributed by atoms with Gasteiger partial charge < -0.3 is 0 Å². The summed E-state index contributed by atoms with van der Waals surface area (Å²) in [6, 6.07) is 53.2. The zero-order chi connectivity index (χ0) is 29.6. The Bertz CT molecular complexity index is 2270. The minimum Gasteiger partial charge on any atom is -0.256 e. The predicted octanol–water partition coefficient (Wildman–Crippen LogP) is 11.8. The summed E-state index contributed by atoms with van der Waals surface area (Å²) in [5.74, 6) is 0. The molecule has 0 N–H and O–H groups in total. The monoisotopic (exact) mass is 561 g/mol. The Balaban J connectivity index is 1.41. The third kappa shape index (κ3) is 4.37. The molecule has 8 aromatic rings. The summed E-state index contributed by atoms with van der Waals surface area (Å²) in [5.41, 5.74) is 12.0. The van der Waals surface area contributed by atoms with E-state index >= 15 is 0 Å². The second-order valence-corrected chi connectivity index (χ2v) is 11.7. The van der Waals surface area contributed by atoms with Crippen LogP contribution in [0.15, 0.2) is 152 Å². The zero-order valence-corrected chi connectivity index (χ0v) is 24.9. The summed E-state index contributed by atoms with van der Waals surface area (Å²) in [4.78, 5) is 4.72. The van der Waals surface area contributed by atoms with Crippen LogP contribution >= 0.6 is 0 Å². The van der Waals surface area contributed by atoms with Gasteiger partial charge in [0.25, 0.3) is 0 Å². The number of fused-ring (bicyclic) bond motifs is 3. The lowest BCUT2D eigenvalue weighted by molar-refractivity contribution is 1.27. The van der Waals surface area contributed by atoms with Gasteiger partial charge in [0.05, 0.1) is 5.69 Å². The van der Waals surface area contributed by atoms with Gasteiger partial charge in [-0.25, -0.2) is 0 Å². The molecule has 0 spiro atoms. The molecule has 0 atom stereocenters. The number of benzene rings is 7. The summed E-state index contributed by atoms with van der Waals surface area (Å²) in [7, 11) is 0. The minimum absolute atomic E-state index is 0.989. The van der Waals surface area contributed by atoms with Crippen LogP contribution in [0.2, 0.25) is 0 Å². The van der Waals surface area contributed by atoms with Crippen molar-refractivity contribution in [3.63, 3.8) is 0 Å². The number of pyridine rings is 1. The lowest BCUT2D eigenvalue weighted by Crippen LogP contribution is -1.92. The first-order valence-corrected chi connectivity index (χ1v) is 15.2. The van der Waals surface area contributed by atoms with E-state index in [-0.39, 0.29) is 0 Å². The van der Waals surface area contributed by atoms with Crippen LogP contribution in [0.1, 0.15) is 11.1 Å². The van der Waals surface area contributed by atoms with Crippen molar-refractivity contribution >= 4 is 32.3 Å². The topological polar surface area (TPSA) is 12.9 Å². The van der Waals surface area contributed by atoms with E-state index < -0.39 is 0 Å². The van der Waals surface area contributed by atoms with E-state index in [4.69, 9.17) is 4.98 Å². The molecule has 0 aliphatic rings. The lowest BCUT2D eigenvalue weighted by atomic mass is 9.84. The van der Waals surface area contributed by atoms with Crippen LogP contribution in [0.5, 0.6) is 0 Å². The Kier molecular flexibility index (Phi) is 6.31. The Labute approximate surface area is 258 Å². The molecule has 1 heterocycles. The molecular weight excluding hydrogens is 530 g/mol. The highest BCUT2D eigenvalue weighted by Crippen LogP contribution is 2.46. The van der Waals surface area contributed by atoms with Gasteiger partial charge >= 0.3 is 0 Å². The molecule has 0 radical (unpaired) electrons. The fourth-order valence-corrected chi connectivity index (χ4v) is 6.72. The number of hydrogen-bond donors (Lipinski definition) is 0. The maximum atomic E-state index is 4.72. The van der Waals surface area contributed by atoms with Crippen LogP contribution < -0.4 is 0 Å². The van der Waals surface area contributed by atoms with Crippen molar-refractivity contribution in [2.45, 2.75) is 13.8 Å². The summed E-state index contributed by atoms with van der Waals surface area (Å²) < 4.78 is 0. The number of rotatable bonds is 4. The van der Waals surface area contributed by atoms with Gasteiger partial charge in [-0.05, 0) is 97.2 Å². The molecule has 0 aliphatic heterocycles. The van der Waals surface area contributed by atoms with E-state index in [2.05, 4.69) is 159 Å². The van der Waals surface area contributed by atoms with Crippen molar-refractivity contribution in [1.29, 1.82) is 0 Å². The second-order valence-electron chi connectivity index (χ2n) is 11.7. The molecule has 8 rings (SSSR count). The molecular formula is C43H31N. The Morgan fingerprint density at radius 1 is 0.364 bits per heavy atom. The molecule has 1 nitrogen and oxygen atoms in total. The minimum atomic E-state index is 0.989. The molecule has 0 aliphatic carbocycles. The van der Waals surface area contributed by atoms with E-state index in [9.17, 15) is 0 Å². The zero-order valence-electron chi connectivity index (χ0n) is 24.9. The van der Waals surface area contributed by atoms with Gasteiger partial charge in [-0.15, -0.1) is 0 Å². The van der Waals surface area contributed by atoms with Crippen molar-refractivity contribution in [2.75, 3.05) is 0 Å². The highest BCUT2D eigenvalue weighted by atomic mass is 14.7. The van der Waals surface area contributed by atoms with Crippen LogP contribution in [0.4, 0.5) is 0 Å². The van der Waals surface area contributed by atoms with Crippen molar-refractivity contribution in [1.82, 2.24) is 4.98 Å². The van der Waals surface area contributed by atoms with Gasteiger partial charge in [-0.2, -0.15) is 0 Å². The highest BCUT2D eigenvalue weighted by Gasteiger charge is 2.19. The van der Waals surface area contributed by atoms with Gasteiger partial charge in [-0.1, -0.05) is 139 Å². The molecule has 0 saturated carbocycles. The quantitative estimate of drug-likeness (QED) is 0.195. The van der Waals surface area contributed by atoms with E-state index in [1.807, 2.05) is 6.20 Å². The van der Waals surface area contributed by atoms with E-state index in [1.54, 1.807) is 0 Å². The summed E-state index contributed by atoms with van der Waals surface area (Å²) in [5, 5.41) is 7.55. The van der Waals surface area contributed by atoms with Gasteiger partial charge in [0.15, 0.2) is 0 Å². The molecule has 1 aromatic heterocycles. The molecule has 0 unspecified atom stereocenters. The average molecular weight is 562 g/mol. The van der Waals surface area contributed by atoms with Gasteiger partial charge in [0.2, 0.25) is 0 Å². The molecule has 1 heteroatoms. The fraction of sp³-hybridized carbons (Fsp3) is 0.0465. The van der Waals surface area contributed by atoms with Crippen LogP contribution in [0, 0.1) is 13.8 Å². The third-order valence-corrected chi connectivity index (χ3v) is 8.84. The normalized spacial score (nSPS) is 11.4. The molecule has 0 amide bonds. The molecule has 0 fully saturated rings.